The number of hydrogen-bond acceptors (Lipinski definition) is 5. The van der Waals surface area contributed by atoms with Crippen LogP contribution in [0.1, 0.15) is 0 Å². The maximum Gasteiger partial charge on any atom is 0.115 e. The predicted octanol–water partition coefficient (Wildman–Crippen LogP) is -2.38. The molecule has 0 amide bonds. The van der Waals surface area contributed by atoms with Gasteiger partial charge in [-0.15, -0.1) is 0 Å². The van der Waals surface area contributed by atoms with E-state index in [0.29, 0.717) is 0 Å². The molecule has 5 heteroatoms. The molecular weight excluding hydrogens is 152 g/mol. The third-order valence-corrected chi connectivity index (χ3v) is 1.63. The fraction of sp³-hybridized carbons (Fsp3) is 0.833. The summed E-state index contributed by atoms with van der Waals surface area (Å²) in [6, 6.07) is 0. The first-order valence-corrected chi connectivity index (χ1v) is 3.30. The molecule has 1 fully saturated rings. The minimum Gasteiger partial charge on any atom is -0.394 e. The number of rotatable bonds is 2. The van der Waals surface area contributed by atoms with Crippen LogP contribution < -0.4 is 0 Å². The number of aliphatic hydroxyl groups is 4. The smallest absolute Gasteiger partial charge is 0.115 e. The van der Waals surface area contributed by atoms with Crippen molar-refractivity contribution in [2.24, 2.45) is 0 Å². The van der Waals surface area contributed by atoms with Gasteiger partial charge in [-0.1, -0.05) is 0 Å². The summed E-state index contributed by atoms with van der Waals surface area (Å²) in [6.07, 6.45) is -4.31. The van der Waals surface area contributed by atoms with Gasteiger partial charge in [0.25, 0.3) is 0 Å². The van der Waals surface area contributed by atoms with Crippen LogP contribution in [0.4, 0.5) is 0 Å². The van der Waals surface area contributed by atoms with Crippen molar-refractivity contribution in [3.05, 3.63) is 6.61 Å². The molecule has 0 unspecified atom stereocenters. The van der Waals surface area contributed by atoms with E-state index in [2.05, 4.69) is 0 Å². The lowest BCUT2D eigenvalue weighted by molar-refractivity contribution is -0.0636. The minimum atomic E-state index is -1.16. The molecule has 1 radical (unpaired) electrons. The van der Waals surface area contributed by atoms with Crippen LogP contribution in [0.5, 0.6) is 0 Å². The fourth-order valence-corrected chi connectivity index (χ4v) is 0.949. The Balaban J connectivity index is 2.47. The first kappa shape index (κ1) is 8.89. The van der Waals surface area contributed by atoms with Crippen LogP contribution in [0.2, 0.25) is 0 Å². The van der Waals surface area contributed by atoms with Gasteiger partial charge in [0.15, 0.2) is 0 Å². The molecule has 4 N–H and O–H groups in total. The number of aliphatic hydroxyl groups excluding tert-OH is 4. The quantitative estimate of drug-likeness (QED) is 0.365. The second-order valence-electron chi connectivity index (χ2n) is 2.47. The molecule has 1 aliphatic rings. The van der Waals surface area contributed by atoms with Crippen molar-refractivity contribution in [1.29, 1.82) is 0 Å². The molecule has 5 nitrogen and oxygen atoms in total. The summed E-state index contributed by atoms with van der Waals surface area (Å²) in [5.41, 5.74) is 0. The molecule has 0 aromatic carbocycles. The van der Waals surface area contributed by atoms with Gasteiger partial charge in [0.2, 0.25) is 0 Å². The standard InChI is InChI=1S/C6H11O5/c7-1-3(8)6-5(10)4(9)2-11-6/h2-10H,1H2/t3-,4+,5+,6+/m0/s1. The van der Waals surface area contributed by atoms with Gasteiger partial charge in [0, 0.05) is 0 Å². The summed E-state index contributed by atoms with van der Waals surface area (Å²) in [7, 11) is 0. The van der Waals surface area contributed by atoms with Gasteiger partial charge in [-0.25, -0.2) is 0 Å². The summed E-state index contributed by atoms with van der Waals surface area (Å²) in [5, 5.41) is 35.4. The molecule has 11 heavy (non-hydrogen) atoms. The molecule has 0 aromatic rings. The lowest BCUT2D eigenvalue weighted by Crippen LogP contribution is -2.40. The Morgan fingerprint density at radius 2 is 2.09 bits per heavy atom. The highest BCUT2D eigenvalue weighted by molar-refractivity contribution is 4.93. The van der Waals surface area contributed by atoms with E-state index in [0.717, 1.165) is 6.61 Å². The van der Waals surface area contributed by atoms with Gasteiger partial charge in [-0.05, 0) is 0 Å². The normalized spacial score (nSPS) is 40.9. The second-order valence-corrected chi connectivity index (χ2v) is 2.47. The van der Waals surface area contributed by atoms with Gasteiger partial charge in [0.05, 0.1) is 6.61 Å². The Labute approximate surface area is 63.8 Å². The van der Waals surface area contributed by atoms with Crippen LogP contribution in [0, 0.1) is 6.61 Å². The SMILES string of the molecule is OC[C@H](O)[C@H]1O[CH][C@@H](O)[C@H]1O. The van der Waals surface area contributed by atoms with Crippen LogP contribution >= 0.6 is 0 Å². The van der Waals surface area contributed by atoms with Gasteiger partial charge in [-0.3, -0.25) is 0 Å². The van der Waals surface area contributed by atoms with E-state index < -0.39 is 31.0 Å². The summed E-state index contributed by atoms with van der Waals surface area (Å²) in [5.74, 6) is 0. The van der Waals surface area contributed by atoms with E-state index in [9.17, 15) is 0 Å². The zero-order valence-electron chi connectivity index (χ0n) is 5.79. The van der Waals surface area contributed by atoms with E-state index >= 15 is 0 Å². The van der Waals surface area contributed by atoms with Gasteiger partial charge in [-0.2, -0.15) is 0 Å². The summed E-state index contributed by atoms with van der Waals surface area (Å²) >= 11 is 0. The van der Waals surface area contributed by atoms with Gasteiger partial charge in [0.1, 0.15) is 31.0 Å². The first-order chi connectivity index (χ1) is 5.16. The van der Waals surface area contributed by atoms with Crippen molar-refractivity contribution < 1.29 is 25.2 Å². The van der Waals surface area contributed by atoms with Crippen molar-refractivity contribution >= 4 is 0 Å². The zero-order valence-corrected chi connectivity index (χ0v) is 5.79. The first-order valence-electron chi connectivity index (χ1n) is 3.30. The molecular formula is C6H11O5. The van der Waals surface area contributed by atoms with Gasteiger partial charge < -0.3 is 25.2 Å². The molecule has 1 saturated heterocycles. The van der Waals surface area contributed by atoms with Crippen molar-refractivity contribution in [2.45, 2.75) is 24.4 Å². The number of hydrogen-bond donors (Lipinski definition) is 4. The molecule has 0 bridgehead atoms. The molecule has 65 valence electrons. The molecule has 0 aromatic heterocycles. The van der Waals surface area contributed by atoms with E-state index in [1.165, 1.54) is 0 Å². The average molecular weight is 163 g/mol. The van der Waals surface area contributed by atoms with Crippen molar-refractivity contribution in [3.63, 3.8) is 0 Å². The Morgan fingerprint density at radius 1 is 1.45 bits per heavy atom. The third kappa shape index (κ3) is 1.69. The third-order valence-electron chi connectivity index (χ3n) is 1.63. The summed E-state index contributed by atoms with van der Waals surface area (Å²) < 4.78 is 4.70. The van der Waals surface area contributed by atoms with Gasteiger partial charge >= 0.3 is 0 Å². The largest absolute Gasteiger partial charge is 0.394 e. The van der Waals surface area contributed by atoms with Crippen molar-refractivity contribution in [3.8, 4) is 0 Å². The Bertz CT molecular complexity index is 128. The van der Waals surface area contributed by atoms with E-state index in [1.54, 1.807) is 0 Å². The summed E-state index contributed by atoms with van der Waals surface area (Å²) in [6.45, 7) is 0.538. The van der Waals surface area contributed by atoms with Crippen LogP contribution in [0.15, 0.2) is 0 Å². The Morgan fingerprint density at radius 3 is 2.45 bits per heavy atom. The van der Waals surface area contributed by atoms with E-state index in [-0.39, 0.29) is 0 Å². The Kier molecular flexibility index (Phi) is 2.80. The maximum absolute atomic E-state index is 9.08. The van der Waals surface area contributed by atoms with E-state index in [4.69, 9.17) is 25.2 Å². The summed E-state index contributed by atoms with van der Waals surface area (Å²) in [4.78, 5) is 0. The highest BCUT2D eigenvalue weighted by Gasteiger charge is 2.39. The van der Waals surface area contributed by atoms with Crippen LogP contribution in [0.3, 0.4) is 0 Å². The second kappa shape index (κ2) is 3.46. The Hall–Kier alpha value is -0.200. The minimum absolute atomic E-state index is 0.498. The maximum atomic E-state index is 9.08. The van der Waals surface area contributed by atoms with Crippen molar-refractivity contribution in [1.82, 2.24) is 0 Å². The molecule has 4 atom stereocenters. The highest BCUT2D eigenvalue weighted by Crippen LogP contribution is 2.20. The molecule has 0 saturated carbocycles. The van der Waals surface area contributed by atoms with Crippen LogP contribution in [-0.2, 0) is 4.74 Å². The zero-order chi connectivity index (χ0) is 8.43. The fourth-order valence-electron chi connectivity index (χ4n) is 0.949. The van der Waals surface area contributed by atoms with E-state index in [1.807, 2.05) is 0 Å². The lowest BCUT2D eigenvalue weighted by atomic mass is 10.1. The molecule has 1 aliphatic heterocycles. The molecule has 1 heterocycles. The topological polar surface area (TPSA) is 90.2 Å². The lowest BCUT2D eigenvalue weighted by Gasteiger charge is -2.18. The highest BCUT2D eigenvalue weighted by atomic mass is 16.5. The molecule has 0 spiro atoms. The van der Waals surface area contributed by atoms with Crippen molar-refractivity contribution in [2.75, 3.05) is 6.61 Å². The van der Waals surface area contributed by atoms with Crippen LogP contribution in [0.25, 0.3) is 0 Å². The average Bonchev–Trinajstić information content (AvgIpc) is 2.32. The number of ether oxygens (including phenoxy) is 1. The molecule has 0 aliphatic carbocycles. The molecule has 1 rings (SSSR count). The predicted molar refractivity (Wildman–Crippen MR) is 34.3 cm³/mol. The monoisotopic (exact) mass is 163 g/mol. The van der Waals surface area contributed by atoms with Crippen LogP contribution in [-0.4, -0.2) is 51.4 Å².